The van der Waals surface area contributed by atoms with Gasteiger partial charge in [-0.15, -0.1) is 0 Å². The topological polar surface area (TPSA) is 117 Å². The smallest absolute Gasteiger partial charge is 0.338 e. The molecule has 0 saturated heterocycles. The van der Waals surface area contributed by atoms with Crippen LogP contribution in [0.25, 0.3) is 0 Å². The third kappa shape index (κ3) is 5.14. The van der Waals surface area contributed by atoms with E-state index < -0.39 is 28.5 Å². The Bertz CT molecular complexity index is 1380. The fraction of sp³-hybridized carbons (Fsp3) is 0.160. The van der Waals surface area contributed by atoms with Crippen molar-refractivity contribution < 1.29 is 22.7 Å². The first-order chi connectivity index (χ1) is 16.4. The fourth-order valence-electron chi connectivity index (χ4n) is 3.65. The average molecular weight is 476 g/mol. The van der Waals surface area contributed by atoms with Crippen molar-refractivity contribution in [1.82, 2.24) is 4.31 Å². The molecule has 0 saturated carbocycles. The molecule has 0 spiro atoms. The van der Waals surface area contributed by atoms with Gasteiger partial charge in [0, 0.05) is 18.8 Å². The summed E-state index contributed by atoms with van der Waals surface area (Å²) in [5, 5.41) is 11.4. The van der Waals surface area contributed by atoms with Gasteiger partial charge in [-0.2, -0.15) is 9.57 Å². The maximum atomic E-state index is 13.2. The van der Waals surface area contributed by atoms with E-state index in [0.29, 0.717) is 24.2 Å². The van der Waals surface area contributed by atoms with Crippen LogP contribution in [0.4, 0.5) is 5.69 Å². The van der Waals surface area contributed by atoms with Crippen molar-refractivity contribution in [2.24, 2.45) is 0 Å². The number of carbonyl (C=O) groups excluding carboxylic acids is 2. The van der Waals surface area contributed by atoms with Crippen molar-refractivity contribution in [1.29, 1.82) is 5.26 Å². The number of nitrogens with one attached hydrogen (secondary N) is 1. The van der Waals surface area contributed by atoms with Gasteiger partial charge < -0.3 is 10.1 Å². The Kier molecular flexibility index (Phi) is 6.72. The lowest BCUT2D eigenvalue weighted by molar-refractivity contribution is -0.119. The normalized spacial score (nSPS) is 13.4. The fourth-order valence-corrected chi connectivity index (χ4v) is 5.11. The van der Waals surface area contributed by atoms with Crippen LogP contribution < -0.4 is 5.32 Å². The van der Waals surface area contributed by atoms with E-state index in [-0.39, 0.29) is 17.0 Å². The Balaban J connectivity index is 1.40. The molecule has 3 aromatic rings. The first-order valence-corrected chi connectivity index (χ1v) is 11.9. The van der Waals surface area contributed by atoms with E-state index in [4.69, 9.17) is 10.00 Å². The molecule has 0 bridgehead atoms. The van der Waals surface area contributed by atoms with Gasteiger partial charge in [-0.1, -0.05) is 30.3 Å². The summed E-state index contributed by atoms with van der Waals surface area (Å²) in [6.07, 6.45) is 0.617. The van der Waals surface area contributed by atoms with Gasteiger partial charge in [-0.25, -0.2) is 13.2 Å². The van der Waals surface area contributed by atoms with Crippen LogP contribution in [0, 0.1) is 11.3 Å². The first kappa shape index (κ1) is 23.2. The summed E-state index contributed by atoms with van der Waals surface area (Å²) in [5.74, 6) is -1.37. The quantitative estimate of drug-likeness (QED) is 0.548. The number of fused-ring (bicyclic) bond motifs is 1. The van der Waals surface area contributed by atoms with Crippen molar-refractivity contribution in [2.75, 3.05) is 18.5 Å². The summed E-state index contributed by atoms with van der Waals surface area (Å²) >= 11 is 0. The molecular weight excluding hydrogens is 454 g/mol. The molecule has 0 fully saturated rings. The number of amides is 1. The highest BCUT2D eigenvalue weighted by Crippen LogP contribution is 2.25. The maximum Gasteiger partial charge on any atom is 0.338 e. The number of hydrogen-bond acceptors (Lipinski definition) is 6. The Labute approximate surface area is 197 Å². The number of esters is 1. The number of anilines is 1. The summed E-state index contributed by atoms with van der Waals surface area (Å²) in [6, 6.07) is 21.5. The molecule has 1 aliphatic heterocycles. The zero-order chi connectivity index (χ0) is 24.1. The highest BCUT2D eigenvalue weighted by Gasteiger charge is 2.28. The number of benzene rings is 3. The zero-order valence-corrected chi connectivity index (χ0v) is 18.9. The number of hydrogen-bond donors (Lipinski definition) is 1. The predicted octanol–water partition coefficient (Wildman–Crippen LogP) is 3.10. The first-order valence-electron chi connectivity index (χ1n) is 10.5. The van der Waals surface area contributed by atoms with Crippen LogP contribution in [0.15, 0.2) is 77.7 Å². The number of sulfonamides is 1. The van der Waals surface area contributed by atoms with Gasteiger partial charge in [0.1, 0.15) is 0 Å². The molecule has 8 nitrogen and oxygen atoms in total. The van der Waals surface area contributed by atoms with Gasteiger partial charge in [0.25, 0.3) is 5.91 Å². The third-order valence-corrected chi connectivity index (χ3v) is 7.28. The standard InChI is InChI=1S/C25H21N3O5S/c26-15-18-8-10-22(11-9-18)27-24(29)17-33-25(30)20-6-3-7-23(14-20)34(31,32)28-13-12-19-4-1-2-5-21(19)16-28/h1-11,14H,12-13,16-17H2,(H,27,29). The monoisotopic (exact) mass is 475 g/mol. The highest BCUT2D eigenvalue weighted by molar-refractivity contribution is 7.89. The lowest BCUT2D eigenvalue weighted by Gasteiger charge is -2.28. The molecule has 9 heteroatoms. The van der Waals surface area contributed by atoms with Crippen molar-refractivity contribution in [3.8, 4) is 6.07 Å². The Morgan fingerprint density at radius 1 is 1.00 bits per heavy atom. The second-order valence-corrected chi connectivity index (χ2v) is 9.64. The molecule has 1 amide bonds. The van der Waals surface area contributed by atoms with Crippen LogP contribution in [-0.2, 0) is 32.5 Å². The van der Waals surface area contributed by atoms with E-state index in [1.807, 2.05) is 30.3 Å². The number of nitrogens with zero attached hydrogens (tertiary/aromatic N) is 2. The molecule has 4 rings (SSSR count). The predicted molar refractivity (Wildman–Crippen MR) is 124 cm³/mol. The molecule has 3 aromatic carbocycles. The molecule has 1 heterocycles. The minimum absolute atomic E-state index is 0.0108. The molecule has 0 unspecified atom stereocenters. The highest BCUT2D eigenvalue weighted by atomic mass is 32.2. The van der Waals surface area contributed by atoms with Crippen molar-refractivity contribution in [3.63, 3.8) is 0 Å². The summed E-state index contributed by atoms with van der Waals surface area (Å²) < 4.78 is 32.8. The van der Waals surface area contributed by atoms with Crippen LogP contribution in [0.5, 0.6) is 0 Å². The third-order valence-electron chi connectivity index (χ3n) is 5.44. The largest absolute Gasteiger partial charge is 0.452 e. The number of ether oxygens (including phenoxy) is 1. The molecule has 0 aromatic heterocycles. The van der Waals surface area contributed by atoms with Crippen LogP contribution in [0.2, 0.25) is 0 Å². The van der Waals surface area contributed by atoms with Crippen LogP contribution in [0.3, 0.4) is 0 Å². The molecule has 1 N–H and O–H groups in total. The van der Waals surface area contributed by atoms with Crippen molar-refractivity contribution >= 4 is 27.6 Å². The summed E-state index contributed by atoms with van der Waals surface area (Å²) in [7, 11) is -3.82. The Morgan fingerprint density at radius 3 is 2.47 bits per heavy atom. The average Bonchev–Trinajstić information content (AvgIpc) is 2.87. The summed E-state index contributed by atoms with van der Waals surface area (Å²) in [5.41, 5.74) is 3.03. The number of nitriles is 1. The SMILES string of the molecule is N#Cc1ccc(NC(=O)COC(=O)c2cccc(S(=O)(=O)N3CCc4ccccc4C3)c2)cc1. The molecule has 1 aliphatic rings. The van der Waals surface area contributed by atoms with Gasteiger partial charge in [-0.3, -0.25) is 4.79 Å². The lowest BCUT2D eigenvalue weighted by Crippen LogP contribution is -2.36. The van der Waals surface area contributed by atoms with E-state index in [2.05, 4.69) is 5.32 Å². The summed E-state index contributed by atoms with van der Waals surface area (Å²) in [6.45, 7) is 0.0744. The van der Waals surface area contributed by atoms with Crippen LogP contribution in [0.1, 0.15) is 27.0 Å². The molecule has 0 atom stereocenters. The van der Waals surface area contributed by atoms with E-state index in [1.54, 1.807) is 24.3 Å². The van der Waals surface area contributed by atoms with Crippen LogP contribution in [-0.4, -0.2) is 37.8 Å². The van der Waals surface area contributed by atoms with Gasteiger partial charge in [0.2, 0.25) is 10.0 Å². The minimum Gasteiger partial charge on any atom is -0.452 e. The molecule has 0 aliphatic carbocycles. The van der Waals surface area contributed by atoms with E-state index in [1.165, 1.54) is 28.6 Å². The van der Waals surface area contributed by atoms with E-state index >= 15 is 0 Å². The Morgan fingerprint density at radius 2 is 1.74 bits per heavy atom. The van der Waals surface area contributed by atoms with Crippen LogP contribution >= 0.6 is 0 Å². The second-order valence-electron chi connectivity index (χ2n) is 7.70. The lowest BCUT2D eigenvalue weighted by atomic mass is 10.0. The summed E-state index contributed by atoms with van der Waals surface area (Å²) in [4.78, 5) is 24.5. The minimum atomic E-state index is -3.82. The van der Waals surface area contributed by atoms with E-state index in [9.17, 15) is 18.0 Å². The van der Waals surface area contributed by atoms with Gasteiger partial charge >= 0.3 is 5.97 Å². The molecule has 0 radical (unpaired) electrons. The van der Waals surface area contributed by atoms with Gasteiger partial charge in [0.15, 0.2) is 6.61 Å². The maximum absolute atomic E-state index is 13.2. The molecule has 34 heavy (non-hydrogen) atoms. The molecular formula is C25H21N3O5S. The van der Waals surface area contributed by atoms with Crippen molar-refractivity contribution in [3.05, 3.63) is 95.1 Å². The molecule has 172 valence electrons. The zero-order valence-electron chi connectivity index (χ0n) is 18.1. The van der Waals surface area contributed by atoms with Gasteiger partial charge in [0.05, 0.1) is 22.1 Å². The Hall–Kier alpha value is -4.00. The number of carbonyl (C=O) groups is 2. The second kappa shape index (κ2) is 9.87. The van der Waals surface area contributed by atoms with Gasteiger partial charge in [-0.05, 0) is 60.0 Å². The van der Waals surface area contributed by atoms with E-state index in [0.717, 1.165) is 11.1 Å². The van der Waals surface area contributed by atoms with Crippen molar-refractivity contribution in [2.45, 2.75) is 17.9 Å². The number of rotatable bonds is 6.